The third-order valence-electron chi connectivity index (χ3n) is 5.23. The van der Waals surface area contributed by atoms with Crippen LogP contribution >= 0.6 is 11.6 Å². The average molecular weight is 419 g/mol. The number of carbonyl (C=O) groups is 1. The summed E-state index contributed by atoms with van der Waals surface area (Å²) in [6.07, 6.45) is -1.56. The highest BCUT2D eigenvalue weighted by Crippen LogP contribution is 2.37. The maximum absolute atomic E-state index is 13.5. The van der Waals surface area contributed by atoms with Gasteiger partial charge in [-0.25, -0.2) is 0 Å². The van der Waals surface area contributed by atoms with Crippen molar-refractivity contribution in [2.24, 2.45) is 0 Å². The minimum absolute atomic E-state index is 0.234. The van der Waals surface area contributed by atoms with Crippen LogP contribution in [0.5, 0.6) is 0 Å². The van der Waals surface area contributed by atoms with Gasteiger partial charge in [0.1, 0.15) is 0 Å². The van der Waals surface area contributed by atoms with E-state index in [1.54, 1.807) is 0 Å². The van der Waals surface area contributed by atoms with Crippen molar-refractivity contribution in [3.63, 3.8) is 0 Å². The third-order valence-corrected chi connectivity index (χ3v) is 5.55. The molecule has 150 valence electrons. The van der Waals surface area contributed by atoms with Gasteiger partial charge < -0.3 is 0 Å². The third kappa shape index (κ3) is 3.57. The fraction of sp³-hybridized carbons (Fsp3) is 0.273. The van der Waals surface area contributed by atoms with Crippen LogP contribution in [0, 0.1) is 6.92 Å². The molecule has 3 aromatic rings. The van der Waals surface area contributed by atoms with Crippen LogP contribution in [0.2, 0.25) is 5.02 Å². The SMILES string of the molecule is Cc1ccc(-c2nn(C(=O)c3c(Cl)cccc3C(F)(F)F)c3c2CCCC3)cc1. The van der Waals surface area contributed by atoms with Crippen LogP contribution in [0.3, 0.4) is 0 Å². The quantitative estimate of drug-likeness (QED) is 0.504. The Kier molecular flexibility index (Phi) is 4.99. The molecule has 2 aromatic carbocycles. The van der Waals surface area contributed by atoms with E-state index in [4.69, 9.17) is 11.6 Å². The highest BCUT2D eigenvalue weighted by Gasteiger charge is 2.38. The number of rotatable bonds is 2. The van der Waals surface area contributed by atoms with Gasteiger partial charge in [0.2, 0.25) is 0 Å². The molecule has 0 fully saturated rings. The number of hydrogen-bond acceptors (Lipinski definition) is 2. The number of fused-ring (bicyclic) bond motifs is 1. The fourth-order valence-corrected chi connectivity index (χ4v) is 4.05. The average Bonchev–Trinajstić information content (AvgIpc) is 3.07. The zero-order valence-corrected chi connectivity index (χ0v) is 16.4. The van der Waals surface area contributed by atoms with Crippen LogP contribution in [0.25, 0.3) is 11.3 Å². The molecule has 0 aliphatic heterocycles. The van der Waals surface area contributed by atoms with Crippen LogP contribution in [-0.2, 0) is 19.0 Å². The van der Waals surface area contributed by atoms with E-state index >= 15 is 0 Å². The molecule has 0 spiro atoms. The van der Waals surface area contributed by atoms with Crippen LogP contribution in [0.1, 0.15) is 45.6 Å². The Morgan fingerprint density at radius 1 is 1.07 bits per heavy atom. The summed E-state index contributed by atoms with van der Waals surface area (Å²) in [4.78, 5) is 13.2. The van der Waals surface area contributed by atoms with E-state index in [0.717, 1.165) is 46.7 Å². The highest BCUT2D eigenvalue weighted by atomic mass is 35.5. The van der Waals surface area contributed by atoms with E-state index < -0.39 is 23.2 Å². The van der Waals surface area contributed by atoms with Crippen LogP contribution < -0.4 is 0 Å². The summed E-state index contributed by atoms with van der Waals surface area (Å²) < 4.78 is 41.7. The maximum atomic E-state index is 13.5. The van der Waals surface area contributed by atoms with Gasteiger partial charge in [-0.2, -0.15) is 23.0 Å². The van der Waals surface area contributed by atoms with Crippen LogP contribution in [0.15, 0.2) is 42.5 Å². The molecule has 0 saturated carbocycles. The second kappa shape index (κ2) is 7.34. The summed E-state index contributed by atoms with van der Waals surface area (Å²) >= 11 is 6.04. The van der Waals surface area contributed by atoms with Crippen LogP contribution in [-0.4, -0.2) is 15.7 Å². The second-order valence-corrected chi connectivity index (χ2v) is 7.63. The molecule has 0 N–H and O–H groups in total. The van der Waals surface area contributed by atoms with Gasteiger partial charge in [0, 0.05) is 11.1 Å². The summed E-state index contributed by atoms with van der Waals surface area (Å²) in [6, 6.07) is 11.1. The molecule has 3 nitrogen and oxygen atoms in total. The lowest BCUT2D eigenvalue weighted by Crippen LogP contribution is -2.22. The number of aromatic nitrogens is 2. The van der Waals surface area contributed by atoms with Crippen molar-refractivity contribution in [2.75, 3.05) is 0 Å². The second-order valence-electron chi connectivity index (χ2n) is 7.22. The molecule has 4 rings (SSSR count). The van der Waals surface area contributed by atoms with Gasteiger partial charge in [0.25, 0.3) is 5.91 Å². The topological polar surface area (TPSA) is 34.9 Å². The number of aryl methyl sites for hydroxylation is 1. The number of nitrogens with zero attached hydrogens (tertiary/aromatic N) is 2. The van der Waals surface area contributed by atoms with Crippen molar-refractivity contribution in [2.45, 2.75) is 38.8 Å². The summed E-state index contributed by atoms with van der Waals surface area (Å²) in [5.74, 6) is -0.848. The summed E-state index contributed by atoms with van der Waals surface area (Å²) in [7, 11) is 0. The lowest BCUT2D eigenvalue weighted by molar-refractivity contribution is -0.137. The first-order valence-corrected chi connectivity index (χ1v) is 9.73. The minimum Gasteiger partial charge on any atom is -0.267 e. The number of benzene rings is 2. The summed E-state index contributed by atoms with van der Waals surface area (Å²) in [5, 5.41) is 4.24. The first-order chi connectivity index (χ1) is 13.8. The molecule has 0 atom stereocenters. The lowest BCUT2D eigenvalue weighted by Gasteiger charge is -2.16. The Morgan fingerprint density at radius 3 is 2.45 bits per heavy atom. The lowest BCUT2D eigenvalue weighted by atomic mass is 9.93. The molecule has 1 aromatic heterocycles. The first kappa shape index (κ1) is 19.7. The zero-order valence-electron chi connectivity index (χ0n) is 15.7. The van der Waals surface area contributed by atoms with Crippen molar-refractivity contribution in [1.82, 2.24) is 9.78 Å². The predicted molar refractivity (Wildman–Crippen MR) is 105 cm³/mol. The Hall–Kier alpha value is -2.60. The molecule has 1 heterocycles. The smallest absolute Gasteiger partial charge is 0.267 e. The Balaban J connectivity index is 1.89. The fourth-order valence-electron chi connectivity index (χ4n) is 3.79. The van der Waals surface area contributed by atoms with Gasteiger partial charge in [0.05, 0.1) is 27.5 Å². The van der Waals surface area contributed by atoms with Gasteiger partial charge in [-0.15, -0.1) is 0 Å². The predicted octanol–water partition coefficient (Wildman–Crippen LogP) is 6.10. The van der Waals surface area contributed by atoms with Crippen molar-refractivity contribution in [1.29, 1.82) is 0 Å². The molecule has 1 aliphatic carbocycles. The monoisotopic (exact) mass is 418 g/mol. The number of hydrogen-bond donors (Lipinski definition) is 0. The summed E-state index contributed by atoms with van der Waals surface area (Å²) in [5.41, 5.74) is 2.56. The molecule has 0 amide bonds. The van der Waals surface area contributed by atoms with Gasteiger partial charge in [-0.1, -0.05) is 47.5 Å². The number of alkyl halides is 3. The van der Waals surface area contributed by atoms with Crippen LogP contribution in [0.4, 0.5) is 13.2 Å². The highest BCUT2D eigenvalue weighted by molar-refractivity contribution is 6.34. The molecule has 0 unspecified atom stereocenters. The largest absolute Gasteiger partial charge is 0.417 e. The normalized spacial score (nSPS) is 14.0. The van der Waals surface area contributed by atoms with Crippen molar-refractivity contribution in [3.8, 4) is 11.3 Å². The van der Waals surface area contributed by atoms with Gasteiger partial charge in [0.15, 0.2) is 0 Å². The molecule has 29 heavy (non-hydrogen) atoms. The zero-order chi connectivity index (χ0) is 20.8. The van der Waals surface area contributed by atoms with E-state index in [1.165, 1.54) is 12.1 Å². The molecular formula is C22H18ClF3N2O. The maximum Gasteiger partial charge on any atom is 0.417 e. The summed E-state index contributed by atoms with van der Waals surface area (Å²) in [6.45, 7) is 1.97. The number of halogens is 4. The van der Waals surface area contributed by atoms with Crippen molar-refractivity contribution < 1.29 is 18.0 Å². The molecule has 7 heteroatoms. The molecule has 0 bridgehead atoms. The molecular weight excluding hydrogens is 401 g/mol. The van der Waals surface area contributed by atoms with Crippen molar-refractivity contribution in [3.05, 3.63) is 75.4 Å². The van der Waals surface area contributed by atoms with Gasteiger partial charge in [-0.05, 0) is 44.7 Å². The van der Waals surface area contributed by atoms with E-state index in [0.29, 0.717) is 17.8 Å². The van der Waals surface area contributed by atoms with E-state index in [1.807, 2.05) is 31.2 Å². The van der Waals surface area contributed by atoms with E-state index in [2.05, 4.69) is 5.10 Å². The molecule has 0 radical (unpaired) electrons. The molecule has 0 saturated heterocycles. The Bertz CT molecular complexity index is 1080. The minimum atomic E-state index is -4.69. The molecule has 1 aliphatic rings. The number of carbonyl (C=O) groups excluding carboxylic acids is 1. The van der Waals surface area contributed by atoms with E-state index in [9.17, 15) is 18.0 Å². The van der Waals surface area contributed by atoms with Gasteiger partial charge in [-0.3, -0.25) is 4.79 Å². The standard InChI is InChI=1S/C22H18ClF3N2O/c1-13-9-11-14(12-10-13)20-15-5-2-3-8-18(15)28(27-20)21(29)19-16(22(24,25)26)6-4-7-17(19)23/h4,6-7,9-12H,2-3,5,8H2,1H3. The van der Waals surface area contributed by atoms with Gasteiger partial charge >= 0.3 is 6.18 Å². The van der Waals surface area contributed by atoms with E-state index in [-0.39, 0.29) is 5.02 Å². The Morgan fingerprint density at radius 2 is 1.76 bits per heavy atom. The Labute approximate surface area is 171 Å². The van der Waals surface area contributed by atoms with Crippen molar-refractivity contribution >= 4 is 17.5 Å². The first-order valence-electron chi connectivity index (χ1n) is 9.35.